The smallest absolute Gasteiger partial charge is 0.252 e. The van der Waals surface area contributed by atoms with Gasteiger partial charge >= 0.3 is 0 Å². The number of nitrogens with zero attached hydrogens (tertiary/aromatic N) is 4. The second kappa shape index (κ2) is 8.84. The van der Waals surface area contributed by atoms with E-state index in [1.807, 2.05) is 66.7 Å². The van der Waals surface area contributed by atoms with Crippen LogP contribution in [0.4, 0.5) is 0 Å². The van der Waals surface area contributed by atoms with Gasteiger partial charge in [-0.05, 0) is 64.7 Å². The van der Waals surface area contributed by atoms with Crippen molar-refractivity contribution in [2.45, 2.75) is 29.5 Å². The van der Waals surface area contributed by atoms with E-state index >= 15 is 0 Å². The molecule has 0 spiro atoms. The molecule has 5 rings (SSSR count). The van der Waals surface area contributed by atoms with Gasteiger partial charge in [-0.15, -0.1) is 16.9 Å². The van der Waals surface area contributed by atoms with Crippen molar-refractivity contribution in [1.82, 2.24) is 25.5 Å². The number of hydrogen-bond donors (Lipinski definition) is 2. The number of benzene rings is 3. The molecule has 160 valence electrons. The zero-order chi connectivity index (χ0) is 21.9. The third-order valence-corrected chi connectivity index (χ3v) is 6.64. The molecule has 0 bridgehead atoms. The molecule has 1 unspecified atom stereocenters. The monoisotopic (exact) mass is 443 g/mol. The van der Waals surface area contributed by atoms with Crippen LogP contribution in [0.5, 0.6) is 5.75 Å². The predicted molar refractivity (Wildman–Crippen MR) is 122 cm³/mol. The van der Waals surface area contributed by atoms with E-state index < -0.39 is 0 Å². The average molecular weight is 444 g/mol. The lowest BCUT2D eigenvalue weighted by Gasteiger charge is -2.16. The normalized spacial score (nSPS) is 14.8. The van der Waals surface area contributed by atoms with Crippen molar-refractivity contribution in [3.63, 3.8) is 0 Å². The van der Waals surface area contributed by atoms with Crippen molar-refractivity contribution >= 4 is 17.7 Å². The van der Waals surface area contributed by atoms with E-state index in [4.69, 9.17) is 0 Å². The Kier molecular flexibility index (Phi) is 5.60. The number of phenolic OH excluding ortho intramolecular Hbond substituents is 1. The van der Waals surface area contributed by atoms with E-state index in [1.165, 1.54) is 11.8 Å². The second-order valence-corrected chi connectivity index (χ2v) is 8.55. The van der Waals surface area contributed by atoms with E-state index in [0.29, 0.717) is 22.9 Å². The van der Waals surface area contributed by atoms with Crippen molar-refractivity contribution < 1.29 is 9.90 Å². The number of hydrogen-bond acceptors (Lipinski definition) is 6. The molecule has 1 amide bonds. The molecule has 2 N–H and O–H groups in total. The van der Waals surface area contributed by atoms with Gasteiger partial charge in [-0.2, -0.15) is 4.68 Å². The van der Waals surface area contributed by atoms with E-state index in [1.54, 1.807) is 10.7 Å². The van der Waals surface area contributed by atoms with Crippen LogP contribution in [0.25, 0.3) is 5.69 Å². The molecule has 8 heteroatoms. The van der Waals surface area contributed by atoms with Gasteiger partial charge in [-0.3, -0.25) is 4.79 Å². The number of aromatic nitrogens is 4. The first-order chi connectivity index (χ1) is 15.7. The first-order valence-electron chi connectivity index (χ1n) is 10.4. The Labute approximate surface area is 189 Å². The number of aromatic hydroxyl groups is 1. The highest BCUT2D eigenvalue weighted by molar-refractivity contribution is 7.98. The minimum atomic E-state index is -0.128. The summed E-state index contributed by atoms with van der Waals surface area (Å²) in [4.78, 5) is 14.0. The molecule has 1 atom stereocenters. The Bertz CT molecular complexity index is 1260. The topological polar surface area (TPSA) is 92.9 Å². The summed E-state index contributed by atoms with van der Waals surface area (Å²) >= 11 is 1.52. The number of carbonyl (C=O) groups excluding carboxylic acids is 1. The number of thioether (sulfide) groups is 1. The maximum Gasteiger partial charge on any atom is 0.252 e. The van der Waals surface area contributed by atoms with Crippen LogP contribution in [-0.2, 0) is 12.2 Å². The molecule has 0 saturated carbocycles. The van der Waals surface area contributed by atoms with Crippen LogP contribution in [0.2, 0.25) is 0 Å². The minimum absolute atomic E-state index is 0.104. The minimum Gasteiger partial charge on any atom is -0.508 e. The van der Waals surface area contributed by atoms with Gasteiger partial charge < -0.3 is 10.4 Å². The van der Waals surface area contributed by atoms with Gasteiger partial charge in [-0.1, -0.05) is 42.5 Å². The fourth-order valence-electron chi connectivity index (χ4n) is 4.01. The zero-order valence-corrected chi connectivity index (χ0v) is 18.0. The van der Waals surface area contributed by atoms with Gasteiger partial charge in [0.1, 0.15) is 5.75 Å². The van der Waals surface area contributed by atoms with Gasteiger partial charge in [0.25, 0.3) is 5.91 Å². The number of phenols is 1. The average Bonchev–Trinajstić information content (AvgIpc) is 3.46. The summed E-state index contributed by atoms with van der Waals surface area (Å²) in [5, 5.41) is 25.3. The summed E-state index contributed by atoms with van der Waals surface area (Å²) in [7, 11) is 0. The molecule has 0 saturated heterocycles. The number of amides is 1. The fraction of sp³-hybridized carbons (Fsp3) is 0.167. The Balaban J connectivity index is 1.32. The molecule has 0 radical (unpaired) electrons. The summed E-state index contributed by atoms with van der Waals surface area (Å²) in [5.41, 5.74) is 3.42. The second-order valence-electron chi connectivity index (χ2n) is 7.54. The quantitative estimate of drug-likeness (QED) is 0.436. The first-order valence-corrected chi connectivity index (χ1v) is 11.4. The third-order valence-electron chi connectivity index (χ3n) is 5.57. The number of rotatable bonds is 6. The highest BCUT2D eigenvalue weighted by atomic mass is 32.2. The van der Waals surface area contributed by atoms with Crippen molar-refractivity contribution in [2.24, 2.45) is 0 Å². The summed E-state index contributed by atoms with van der Waals surface area (Å²) < 4.78 is 1.71. The standard InChI is InChI=1S/C24H21N5O2S/c30-21-11-6-10-17-18(21)13-14-20(17)25-24(31)19-9-4-5-12-22(19)32-15-23-26-27-28-29(23)16-7-2-1-3-8-16/h1-12,20,30H,13-15H2,(H,25,31). The molecule has 1 aliphatic carbocycles. The summed E-state index contributed by atoms with van der Waals surface area (Å²) in [6.07, 6.45) is 1.53. The number of carbonyl (C=O) groups is 1. The van der Waals surface area contributed by atoms with Gasteiger partial charge in [-0.25, -0.2) is 0 Å². The predicted octanol–water partition coefficient (Wildman–Crippen LogP) is 4.08. The van der Waals surface area contributed by atoms with E-state index in [0.717, 1.165) is 34.6 Å². The lowest BCUT2D eigenvalue weighted by atomic mass is 10.1. The van der Waals surface area contributed by atoms with Gasteiger partial charge in [0.05, 0.1) is 23.0 Å². The third kappa shape index (κ3) is 3.97. The molecule has 1 aliphatic rings. The molecule has 1 aromatic heterocycles. The van der Waals surface area contributed by atoms with Crippen molar-refractivity contribution in [3.8, 4) is 11.4 Å². The first kappa shape index (κ1) is 20.3. The Morgan fingerprint density at radius 2 is 1.88 bits per heavy atom. The molecular weight excluding hydrogens is 422 g/mol. The Morgan fingerprint density at radius 3 is 2.75 bits per heavy atom. The van der Waals surface area contributed by atoms with Crippen LogP contribution in [-0.4, -0.2) is 31.2 Å². The Hall–Kier alpha value is -3.65. The molecule has 0 fully saturated rings. The summed E-state index contributed by atoms with van der Waals surface area (Å²) in [5.74, 6) is 1.40. The van der Waals surface area contributed by atoms with Gasteiger partial charge in [0, 0.05) is 4.90 Å². The summed E-state index contributed by atoms with van der Waals surface area (Å²) in [6, 6.07) is 22.6. The number of tetrazole rings is 1. The molecule has 1 heterocycles. The largest absolute Gasteiger partial charge is 0.508 e. The number of fused-ring (bicyclic) bond motifs is 1. The zero-order valence-electron chi connectivity index (χ0n) is 17.2. The molecule has 7 nitrogen and oxygen atoms in total. The van der Waals surface area contributed by atoms with Crippen LogP contribution >= 0.6 is 11.8 Å². The summed E-state index contributed by atoms with van der Waals surface area (Å²) in [6.45, 7) is 0. The van der Waals surface area contributed by atoms with Crippen LogP contribution < -0.4 is 5.32 Å². The molecular formula is C24H21N5O2S. The van der Waals surface area contributed by atoms with Crippen molar-refractivity contribution in [3.05, 3.63) is 95.3 Å². The molecule has 4 aromatic rings. The van der Waals surface area contributed by atoms with E-state index in [9.17, 15) is 9.90 Å². The maximum atomic E-state index is 13.1. The fourth-order valence-corrected chi connectivity index (χ4v) is 4.96. The molecule has 3 aromatic carbocycles. The highest BCUT2D eigenvalue weighted by Crippen LogP contribution is 2.36. The van der Waals surface area contributed by atoms with Crippen LogP contribution in [0.15, 0.2) is 77.7 Å². The lowest BCUT2D eigenvalue weighted by molar-refractivity contribution is 0.0933. The van der Waals surface area contributed by atoms with Gasteiger partial charge in [0.2, 0.25) is 0 Å². The number of para-hydroxylation sites is 1. The van der Waals surface area contributed by atoms with Crippen LogP contribution in [0, 0.1) is 0 Å². The van der Waals surface area contributed by atoms with Gasteiger partial charge in [0.15, 0.2) is 5.82 Å². The van der Waals surface area contributed by atoms with E-state index in [-0.39, 0.29) is 11.9 Å². The van der Waals surface area contributed by atoms with Crippen molar-refractivity contribution in [1.29, 1.82) is 0 Å². The lowest BCUT2D eigenvalue weighted by Crippen LogP contribution is -2.27. The molecule has 0 aliphatic heterocycles. The van der Waals surface area contributed by atoms with Crippen LogP contribution in [0.3, 0.4) is 0 Å². The Morgan fingerprint density at radius 1 is 1.06 bits per heavy atom. The highest BCUT2D eigenvalue weighted by Gasteiger charge is 2.27. The van der Waals surface area contributed by atoms with Crippen molar-refractivity contribution in [2.75, 3.05) is 0 Å². The molecule has 32 heavy (non-hydrogen) atoms. The SMILES string of the molecule is O=C(NC1CCc2c(O)cccc21)c1ccccc1SCc1nnnn1-c1ccccc1. The number of nitrogens with one attached hydrogen (secondary N) is 1. The van der Waals surface area contributed by atoms with Crippen LogP contribution in [0.1, 0.15) is 39.8 Å². The van der Waals surface area contributed by atoms with E-state index in [2.05, 4.69) is 20.8 Å². The maximum absolute atomic E-state index is 13.1.